The van der Waals surface area contributed by atoms with Crippen molar-refractivity contribution in [3.05, 3.63) is 59.7 Å². The molecular formula is C18H22N2O3. The van der Waals surface area contributed by atoms with Crippen LogP contribution < -0.4 is 5.32 Å². The highest BCUT2D eigenvalue weighted by molar-refractivity contribution is 5.95. The average Bonchev–Trinajstić information content (AvgIpc) is 2.46. The molecule has 2 rings (SSSR count). The Morgan fingerprint density at radius 3 is 2.35 bits per heavy atom. The molecule has 1 atom stereocenters. The van der Waals surface area contributed by atoms with E-state index in [1.165, 1.54) is 23.8 Å². The van der Waals surface area contributed by atoms with Gasteiger partial charge in [0, 0.05) is 30.8 Å². The molecule has 0 radical (unpaired) electrons. The van der Waals surface area contributed by atoms with Gasteiger partial charge in [-0.3, -0.25) is 4.79 Å². The Balaban J connectivity index is 1.88. The quantitative estimate of drug-likeness (QED) is 0.765. The molecule has 2 aromatic rings. The van der Waals surface area contributed by atoms with Gasteiger partial charge in [0.05, 0.1) is 0 Å². The normalized spacial score (nSPS) is 12.1. The lowest BCUT2D eigenvalue weighted by Gasteiger charge is -2.22. The molecule has 0 unspecified atom stereocenters. The van der Waals surface area contributed by atoms with Crippen LogP contribution in [0.5, 0.6) is 11.5 Å². The van der Waals surface area contributed by atoms with Crippen molar-refractivity contribution in [1.82, 2.24) is 10.2 Å². The first-order chi connectivity index (χ1) is 10.9. The number of hydrogen-bond acceptors (Lipinski definition) is 4. The molecule has 5 nitrogen and oxygen atoms in total. The minimum Gasteiger partial charge on any atom is -0.508 e. The number of aromatic hydroxyl groups is 2. The number of nitrogens with zero attached hydrogens (tertiary/aromatic N) is 1. The van der Waals surface area contributed by atoms with Gasteiger partial charge in [0.1, 0.15) is 11.5 Å². The Morgan fingerprint density at radius 1 is 1.13 bits per heavy atom. The molecule has 5 heteroatoms. The van der Waals surface area contributed by atoms with Crippen LogP contribution in [0.25, 0.3) is 0 Å². The average molecular weight is 314 g/mol. The van der Waals surface area contributed by atoms with Gasteiger partial charge in [-0.25, -0.2) is 0 Å². The fraction of sp³-hybridized carbons (Fsp3) is 0.278. The number of phenolic OH excluding ortho intramolecular Hbond substituents is 2. The highest BCUT2D eigenvalue weighted by atomic mass is 16.3. The van der Waals surface area contributed by atoms with E-state index in [9.17, 15) is 15.0 Å². The number of benzene rings is 2. The molecule has 0 aliphatic heterocycles. The maximum Gasteiger partial charge on any atom is 0.251 e. The molecule has 122 valence electrons. The minimum absolute atomic E-state index is 0.0688. The molecule has 0 heterocycles. The van der Waals surface area contributed by atoms with E-state index in [2.05, 4.69) is 22.3 Å². The van der Waals surface area contributed by atoms with E-state index in [0.29, 0.717) is 6.54 Å². The number of likely N-dealkylation sites (N-methyl/N-ethyl adjacent to an activating group) is 1. The van der Waals surface area contributed by atoms with Gasteiger partial charge in [-0.05, 0) is 31.7 Å². The van der Waals surface area contributed by atoms with E-state index in [4.69, 9.17) is 0 Å². The van der Waals surface area contributed by atoms with Gasteiger partial charge in [-0.15, -0.1) is 0 Å². The maximum atomic E-state index is 12.1. The predicted molar refractivity (Wildman–Crippen MR) is 89.5 cm³/mol. The number of rotatable bonds is 6. The van der Waals surface area contributed by atoms with Crippen LogP contribution in [-0.4, -0.2) is 40.7 Å². The molecule has 0 aliphatic rings. The van der Waals surface area contributed by atoms with Crippen molar-refractivity contribution in [3.63, 3.8) is 0 Å². The van der Waals surface area contributed by atoms with Crippen molar-refractivity contribution in [2.45, 2.75) is 19.5 Å². The highest BCUT2D eigenvalue weighted by Crippen LogP contribution is 2.20. The van der Waals surface area contributed by atoms with Crippen molar-refractivity contribution in [3.8, 4) is 11.5 Å². The van der Waals surface area contributed by atoms with Gasteiger partial charge in [0.25, 0.3) is 5.91 Å². The molecule has 0 bridgehead atoms. The zero-order chi connectivity index (χ0) is 16.8. The standard InChI is InChI=1S/C18H22N2O3/c1-13(11-20(2)12-14-6-4-3-5-7-14)19-18(23)15-8-16(21)10-17(22)9-15/h3-10,13,21-22H,11-12H2,1-2H3,(H,19,23)/t13-/m0/s1. The Bertz CT molecular complexity index is 638. The monoisotopic (exact) mass is 314 g/mol. The molecule has 0 aromatic heterocycles. The third kappa shape index (κ3) is 5.30. The summed E-state index contributed by atoms with van der Waals surface area (Å²) in [7, 11) is 2.00. The van der Waals surface area contributed by atoms with Gasteiger partial charge in [0.2, 0.25) is 0 Å². The summed E-state index contributed by atoms with van der Waals surface area (Å²) in [5, 5.41) is 21.7. The summed E-state index contributed by atoms with van der Waals surface area (Å²) < 4.78 is 0. The summed E-state index contributed by atoms with van der Waals surface area (Å²) in [5.74, 6) is -0.593. The Labute approximate surface area is 136 Å². The van der Waals surface area contributed by atoms with Crippen LogP contribution in [0.3, 0.4) is 0 Å². The van der Waals surface area contributed by atoms with E-state index in [1.54, 1.807) is 0 Å². The summed E-state index contributed by atoms with van der Waals surface area (Å²) in [5.41, 5.74) is 1.45. The van der Waals surface area contributed by atoms with Crippen molar-refractivity contribution in [2.24, 2.45) is 0 Å². The van der Waals surface area contributed by atoms with Crippen LogP contribution in [-0.2, 0) is 6.54 Å². The number of carbonyl (C=O) groups excluding carboxylic acids is 1. The van der Waals surface area contributed by atoms with E-state index in [1.807, 2.05) is 32.2 Å². The molecule has 0 saturated carbocycles. The lowest BCUT2D eigenvalue weighted by Crippen LogP contribution is -2.40. The summed E-state index contributed by atoms with van der Waals surface area (Å²) in [6.45, 7) is 3.40. The molecule has 2 aromatic carbocycles. The summed E-state index contributed by atoms with van der Waals surface area (Å²) in [4.78, 5) is 14.3. The summed E-state index contributed by atoms with van der Waals surface area (Å²) >= 11 is 0. The van der Waals surface area contributed by atoms with Gasteiger partial charge >= 0.3 is 0 Å². The van der Waals surface area contributed by atoms with Gasteiger partial charge < -0.3 is 20.4 Å². The van der Waals surface area contributed by atoms with Gasteiger partial charge in [0.15, 0.2) is 0 Å². The van der Waals surface area contributed by atoms with Gasteiger partial charge in [-0.2, -0.15) is 0 Å². The molecular weight excluding hydrogens is 292 g/mol. The van der Waals surface area contributed by atoms with Crippen molar-refractivity contribution in [1.29, 1.82) is 0 Å². The van der Waals surface area contributed by atoms with E-state index in [-0.39, 0.29) is 29.0 Å². The fourth-order valence-corrected chi connectivity index (χ4v) is 2.51. The highest BCUT2D eigenvalue weighted by Gasteiger charge is 2.13. The number of nitrogens with one attached hydrogen (secondary N) is 1. The molecule has 1 amide bonds. The van der Waals surface area contributed by atoms with Crippen molar-refractivity contribution in [2.75, 3.05) is 13.6 Å². The SMILES string of the molecule is C[C@@H](CN(C)Cc1ccccc1)NC(=O)c1cc(O)cc(O)c1. The van der Waals surface area contributed by atoms with E-state index in [0.717, 1.165) is 6.54 Å². The Hall–Kier alpha value is -2.53. The molecule has 0 fully saturated rings. The van der Waals surface area contributed by atoms with Crippen molar-refractivity contribution >= 4 is 5.91 Å². The van der Waals surface area contributed by atoms with Crippen LogP contribution >= 0.6 is 0 Å². The lowest BCUT2D eigenvalue weighted by molar-refractivity contribution is 0.0930. The fourth-order valence-electron chi connectivity index (χ4n) is 2.51. The second kappa shape index (κ2) is 7.65. The first-order valence-corrected chi connectivity index (χ1v) is 7.50. The van der Waals surface area contributed by atoms with E-state index < -0.39 is 0 Å². The van der Waals surface area contributed by atoms with Crippen LogP contribution in [0.15, 0.2) is 48.5 Å². The third-order valence-corrected chi connectivity index (χ3v) is 3.42. The van der Waals surface area contributed by atoms with Crippen LogP contribution in [0.4, 0.5) is 0 Å². The predicted octanol–water partition coefficient (Wildman–Crippen LogP) is 2.35. The number of hydrogen-bond donors (Lipinski definition) is 3. The first kappa shape index (κ1) is 16.8. The topological polar surface area (TPSA) is 72.8 Å². The zero-order valence-corrected chi connectivity index (χ0v) is 13.4. The number of phenols is 2. The minimum atomic E-state index is -0.322. The number of carbonyl (C=O) groups is 1. The molecule has 0 saturated heterocycles. The first-order valence-electron chi connectivity index (χ1n) is 7.50. The molecule has 3 N–H and O–H groups in total. The number of amides is 1. The second-order valence-electron chi connectivity index (χ2n) is 5.79. The van der Waals surface area contributed by atoms with Crippen molar-refractivity contribution < 1.29 is 15.0 Å². The Morgan fingerprint density at radius 2 is 1.74 bits per heavy atom. The van der Waals surface area contributed by atoms with Crippen LogP contribution in [0.1, 0.15) is 22.8 Å². The second-order valence-corrected chi connectivity index (χ2v) is 5.79. The van der Waals surface area contributed by atoms with Crippen LogP contribution in [0, 0.1) is 0 Å². The lowest BCUT2D eigenvalue weighted by atomic mass is 10.1. The van der Waals surface area contributed by atoms with Crippen LogP contribution in [0.2, 0.25) is 0 Å². The summed E-state index contributed by atoms with van der Waals surface area (Å²) in [6.07, 6.45) is 0. The summed E-state index contributed by atoms with van der Waals surface area (Å²) in [6, 6.07) is 13.9. The molecule has 0 spiro atoms. The maximum absolute atomic E-state index is 12.1. The largest absolute Gasteiger partial charge is 0.508 e. The van der Waals surface area contributed by atoms with Gasteiger partial charge in [-0.1, -0.05) is 30.3 Å². The van der Waals surface area contributed by atoms with E-state index >= 15 is 0 Å². The molecule has 0 aliphatic carbocycles. The molecule has 23 heavy (non-hydrogen) atoms. The smallest absolute Gasteiger partial charge is 0.251 e. The Kier molecular flexibility index (Phi) is 5.60. The third-order valence-electron chi connectivity index (χ3n) is 3.42. The zero-order valence-electron chi connectivity index (χ0n) is 13.4.